The van der Waals surface area contributed by atoms with Crippen molar-refractivity contribution in [2.24, 2.45) is 11.8 Å². The first-order chi connectivity index (χ1) is 12.7. The Morgan fingerprint density at radius 1 is 1.08 bits per heavy atom. The third kappa shape index (κ3) is 5.43. The molecule has 26 heavy (non-hydrogen) atoms. The van der Waals surface area contributed by atoms with Gasteiger partial charge in [-0.2, -0.15) is 0 Å². The molecule has 2 heterocycles. The molecule has 0 aromatic rings. The van der Waals surface area contributed by atoms with E-state index in [2.05, 4.69) is 12.2 Å². The van der Waals surface area contributed by atoms with E-state index in [9.17, 15) is 4.79 Å². The lowest BCUT2D eigenvalue weighted by Gasteiger charge is -2.42. The molecule has 1 N–H and O–H groups in total. The van der Waals surface area contributed by atoms with Crippen LogP contribution in [0.1, 0.15) is 77.6 Å². The molecule has 3 aliphatic rings. The van der Waals surface area contributed by atoms with E-state index in [1.165, 1.54) is 45.6 Å². The summed E-state index contributed by atoms with van der Waals surface area (Å²) in [5, 5.41) is 3.62. The van der Waals surface area contributed by atoms with Gasteiger partial charge in [0.2, 0.25) is 0 Å². The number of piperidine rings is 1. The average Bonchev–Trinajstić information content (AvgIpc) is 2.68. The summed E-state index contributed by atoms with van der Waals surface area (Å²) >= 11 is 0. The summed E-state index contributed by atoms with van der Waals surface area (Å²) in [6, 6.07) is 0.164. The molecule has 1 aliphatic carbocycles. The summed E-state index contributed by atoms with van der Waals surface area (Å²) in [4.78, 5) is 12.4. The van der Waals surface area contributed by atoms with E-state index in [0.717, 1.165) is 38.7 Å². The van der Waals surface area contributed by atoms with Crippen LogP contribution < -0.4 is 5.32 Å². The second-order valence-corrected chi connectivity index (χ2v) is 8.48. The summed E-state index contributed by atoms with van der Waals surface area (Å²) in [5.74, 6) is 1.01. The predicted molar refractivity (Wildman–Crippen MR) is 101 cm³/mol. The van der Waals surface area contributed by atoms with Crippen LogP contribution in [-0.4, -0.2) is 44.2 Å². The molecule has 0 aromatic carbocycles. The van der Waals surface area contributed by atoms with Crippen LogP contribution in [0.3, 0.4) is 0 Å². The Hall–Kier alpha value is -0.650. The van der Waals surface area contributed by atoms with Gasteiger partial charge in [0.1, 0.15) is 6.04 Å². The van der Waals surface area contributed by atoms with Crippen LogP contribution in [0.15, 0.2) is 0 Å². The van der Waals surface area contributed by atoms with E-state index in [-0.39, 0.29) is 24.4 Å². The molecule has 150 valence electrons. The highest BCUT2D eigenvalue weighted by Gasteiger charge is 2.40. The first kappa shape index (κ1) is 20.1. The van der Waals surface area contributed by atoms with E-state index >= 15 is 0 Å². The lowest BCUT2D eigenvalue weighted by Crippen LogP contribution is -2.55. The van der Waals surface area contributed by atoms with Crippen molar-refractivity contribution in [1.82, 2.24) is 5.32 Å². The molecular formula is C21H37NO4. The van der Waals surface area contributed by atoms with Crippen LogP contribution in [0.25, 0.3) is 0 Å². The Balaban J connectivity index is 1.52. The molecule has 3 fully saturated rings. The predicted octanol–water partition coefficient (Wildman–Crippen LogP) is 3.80. The number of ether oxygens (including phenoxy) is 3. The van der Waals surface area contributed by atoms with Gasteiger partial charge in [0.25, 0.3) is 0 Å². The molecule has 1 saturated carbocycles. The number of hydrogen-bond donors (Lipinski definition) is 1. The molecule has 0 spiro atoms. The Labute approximate surface area is 158 Å². The molecule has 5 atom stereocenters. The number of methoxy groups -OCH3 is 1. The fraction of sp³-hybridized carbons (Fsp3) is 0.952. The SMILES string of the molecule is COC(=O)C1NC(CC(C)OC2CCCCO2)CCC1C1CCCCC1. The van der Waals surface area contributed by atoms with E-state index in [1.807, 2.05) is 0 Å². The minimum Gasteiger partial charge on any atom is -0.468 e. The molecule has 0 radical (unpaired) electrons. The van der Waals surface area contributed by atoms with Gasteiger partial charge in [-0.15, -0.1) is 0 Å². The highest BCUT2D eigenvalue weighted by molar-refractivity contribution is 5.76. The summed E-state index contributed by atoms with van der Waals surface area (Å²) in [7, 11) is 1.51. The monoisotopic (exact) mass is 367 g/mol. The minimum absolute atomic E-state index is 0.0475. The minimum atomic E-state index is -0.153. The van der Waals surface area contributed by atoms with Crippen LogP contribution in [0.5, 0.6) is 0 Å². The van der Waals surface area contributed by atoms with Gasteiger partial charge in [-0.3, -0.25) is 4.79 Å². The number of carbonyl (C=O) groups is 1. The molecule has 5 heteroatoms. The Bertz CT molecular complexity index is 432. The van der Waals surface area contributed by atoms with Crippen LogP contribution in [0.4, 0.5) is 0 Å². The number of carbonyl (C=O) groups excluding carboxylic acids is 1. The maximum absolute atomic E-state index is 12.4. The lowest BCUT2D eigenvalue weighted by atomic mass is 9.72. The maximum Gasteiger partial charge on any atom is 0.323 e. The van der Waals surface area contributed by atoms with Crippen LogP contribution in [-0.2, 0) is 19.0 Å². The van der Waals surface area contributed by atoms with E-state index in [0.29, 0.717) is 17.9 Å². The summed E-state index contributed by atoms with van der Waals surface area (Å²) in [6.45, 7) is 2.94. The van der Waals surface area contributed by atoms with Crippen molar-refractivity contribution in [1.29, 1.82) is 0 Å². The Morgan fingerprint density at radius 2 is 1.85 bits per heavy atom. The second-order valence-electron chi connectivity index (χ2n) is 8.48. The highest BCUT2D eigenvalue weighted by Crippen LogP contribution is 2.37. The fourth-order valence-corrected chi connectivity index (χ4v) is 5.18. The maximum atomic E-state index is 12.4. The summed E-state index contributed by atoms with van der Waals surface area (Å²) in [6.07, 6.45) is 13.1. The van der Waals surface area contributed by atoms with Crippen molar-refractivity contribution < 1.29 is 19.0 Å². The highest BCUT2D eigenvalue weighted by atomic mass is 16.7. The largest absolute Gasteiger partial charge is 0.468 e. The van der Waals surface area contributed by atoms with Crippen LogP contribution >= 0.6 is 0 Å². The van der Waals surface area contributed by atoms with E-state index in [4.69, 9.17) is 14.2 Å². The van der Waals surface area contributed by atoms with Crippen molar-refractivity contribution in [3.8, 4) is 0 Å². The second kappa shape index (κ2) is 10.0. The van der Waals surface area contributed by atoms with Crippen molar-refractivity contribution in [2.75, 3.05) is 13.7 Å². The van der Waals surface area contributed by atoms with Crippen molar-refractivity contribution in [3.63, 3.8) is 0 Å². The number of nitrogens with one attached hydrogen (secondary N) is 1. The summed E-state index contributed by atoms with van der Waals surface area (Å²) in [5.41, 5.74) is 0. The third-order valence-corrected chi connectivity index (χ3v) is 6.54. The molecular weight excluding hydrogens is 330 g/mol. The molecule has 5 nitrogen and oxygen atoms in total. The van der Waals surface area contributed by atoms with Crippen molar-refractivity contribution >= 4 is 5.97 Å². The van der Waals surface area contributed by atoms with Gasteiger partial charge in [-0.25, -0.2) is 0 Å². The molecule has 2 saturated heterocycles. The first-order valence-corrected chi connectivity index (χ1v) is 10.8. The normalized spacial score (nSPS) is 35.0. The average molecular weight is 368 g/mol. The topological polar surface area (TPSA) is 56.8 Å². The fourth-order valence-electron chi connectivity index (χ4n) is 5.18. The van der Waals surface area contributed by atoms with Crippen LogP contribution in [0, 0.1) is 11.8 Å². The smallest absolute Gasteiger partial charge is 0.323 e. The molecule has 0 aromatic heterocycles. The van der Waals surface area contributed by atoms with E-state index < -0.39 is 0 Å². The van der Waals surface area contributed by atoms with Gasteiger partial charge < -0.3 is 19.5 Å². The quantitative estimate of drug-likeness (QED) is 0.724. The first-order valence-electron chi connectivity index (χ1n) is 10.8. The van der Waals surface area contributed by atoms with Gasteiger partial charge in [-0.05, 0) is 57.3 Å². The number of rotatable bonds is 6. The Morgan fingerprint density at radius 3 is 2.54 bits per heavy atom. The Kier molecular flexibility index (Phi) is 7.77. The zero-order valence-electron chi connectivity index (χ0n) is 16.6. The molecule has 0 bridgehead atoms. The van der Waals surface area contributed by atoms with E-state index in [1.54, 1.807) is 0 Å². The molecule has 2 aliphatic heterocycles. The number of hydrogen-bond acceptors (Lipinski definition) is 5. The van der Waals surface area contributed by atoms with Crippen molar-refractivity contribution in [2.45, 2.75) is 102 Å². The van der Waals surface area contributed by atoms with Gasteiger partial charge in [-0.1, -0.05) is 32.1 Å². The molecule has 0 amide bonds. The van der Waals surface area contributed by atoms with Gasteiger partial charge >= 0.3 is 5.97 Å². The lowest BCUT2D eigenvalue weighted by molar-refractivity contribution is -0.187. The zero-order valence-corrected chi connectivity index (χ0v) is 16.6. The van der Waals surface area contributed by atoms with Gasteiger partial charge in [0.05, 0.1) is 13.2 Å². The third-order valence-electron chi connectivity index (χ3n) is 6.54. The van der Waals surface area contributed by atoms with Gasteiger partial charge in [0.15, 0.2) is 6.29 Å². The summed E-state index contributed by atoms with van der Waals surface area (Å²) < 4.78 is 16.9. The zero-order chi connectivity index (χ0) is 18.4. The van der Waals surface area contributed by atoms with Crippen molar-refractivity contribution in [3.05, 3.63) is 0 Å². The standard InChI is InChI=1S/C21H37NO4/c1-15(26-19-10-6-7-13-25-19)14-17-11-12-18(16-8-4-3-5-9-16)20(22-17)21(23)24-2/h15-20,22H,3-14H2,1-2H3. The van der Waals surface area contributed by atoms with Crippen LogP contribution in [0.2, 0.25) is 0 Å². The molecule has 5 unspecified atom stereocenters. The number of esters is 1. The van der Waals surface area contributed by atoms with Gasteiger partial charge in [0, 0.05) is 12.6 Å². The molecule has 3 rings (SSSR count).